The van der Waals surface area contributed by atoms with Crippen molar-refractivity contribution in [3.63, 3.8) is 0 Å². The van der Waals surface area contributed by atoms with Gasteiger partial charge in [0.2, 0.25) is 5.91 Å². The van der Waals surface area contributed by atoms with Gasteiger partial charge in [-0.2, -0.15) is 0 Å². The Balaban J connectivity index is 1.87. The maximum absolute atomic E-state index is 12.0. The molecule has 0 bridgehead atoms. The number of carbonyl (C=O) groups excluding carboxylic acids is 1. The largest absolute Gasteiger partial charge is 0.472 e. The van der Waals surface area contributed by atoms with Crippen LogP contribution in [0.25, 0.3) is 0 Å². The van der Waals surface area contributed by atoms with E-state index in [0.29, 0.717) is 6.54 Å². The van der Waals surface area contributed by atoms with Crippen molar-refractivity contribution in [3.05, 3.63) is 24.2 Å². The standard InChI is InChI=1S/C12H18N2O2/c1-12(3-5-13-6-4-12)11(15)14-8-10-2-7-16-9-10/h2,7,9,13H,3-6,8H2,1H3,(H,14,15). The van der Waals surface area contributed by atoms with Gasteiger partial charge in [-0.15, -0.1) is 0 Å². The van der Waals surface area contributed by atoms with Crippen LogP contribution in [0.2, 0.25) is 0 Å². The van der Waals surface area contributed by atoms with Gasteiger partial charge in [-0.25, -0.2) is 0 Å². The fourth-order valence-electron chi connectivity index (χ4n) is 1.99. The maximum atomic E-state index is 12.0. The van der Waals surface area contributed by atoms with E-state index in [-0.39, 0.29) is 11.3 Å². The SMILES string of the molecule is CC1(C(=O)NCc2ccoc2)CCNCC1. The number of amides is 1. The molecule has 1 saturated heterocycles. The highest BCUT2D eigenvalue weighted by atomic mass is 16.3. The molecule has 1 amide bonds. The quantitative estimate of drug-likeness (QED) is 0.810. The molecule has 2 N–H and O–H groups in total. The third-order valence-electron chi connectivity index (χ3n) is 3.29. The summed E-state index contributed by atoms with van der Waals surface area (Å²) in [5.74, 6) is 0.148. The van der Waals surface area contributed by atoms with Crippen LogP contribution in [-0.2, 0) is 11.3 Å². The summed E-state index contributed by atoms with van der Waals surface area (Å²) in [4.78, 5) is 12.0. The predicted molar refractivity (Wildman–Crippen MR) is 60.8 cm³/mol. The minimum absolute atomic E-state index is 0.148. The Bertz CT molecular complexity index is 340. The average Bonchev–Trinajstić information content (AvgIpc) is 2.79. The van der Waals surface area contributed by atoms with Crippen molar-refractivity contribution in [2.24, 2.45) is 5.41 Å². The molecule has 2 heterocycles. The first-order valence-corrected chi connectivity index (χ1v) is 5.71. The van der Waals surface area contributed by atoms with Crippen molar-refractivity contribution in [2.75, 3.05) is 13.1 Å². The van der Waals surface area contributed by atoms with Crippen LogP contribution in [-0.4, -0.2) is 19.0 Å². The summed E-state index contributed by atoms with van der Waals surface area (Å²) in [5.41, 5.74) is 0.792. The molecule has 0 unspecified atom stereocenters. The second-order valence-corrected chi connectivity index (χ2v) is 4.62. The Labute approximate surface area is 95.4 Å². The number of hydrogen-bond donors (Lipinski definition) is 2. The second-order valence-electron chi connectivity index (χ2n) is 4.62. The number of piperidine rings is 1. The molecule has 4 nitrogen and oxygen atoms in total. The van der Waals surface area contributed by atoms with Gasteiger partial charge in [0.25, 0.3) is 0 Å². The fourth-order valence-corrected chi connectivity index (χ4v) is 1.99. The fraction of sp³-hybridized carbons (Fsp3) is 0.583. The lowest BCUT2D eigenvalue weighted by Crippen LogP contribution is -2.45. The Hall–Kier alpha value is -1.29. The van der Waals surface area contributed by atoms with Gasteiger partial charge in [-0.3, -0.25) is 4.79 Å². The third-order valence-corrected chi connectivity index (χ3v) is 3.29. The van der Waals surface area contributed by atoms with Gasteiger partial charge in [0.1, 0.15) is 0 Å². The molecule has 1 aliphatic heterocycles. The van der Waals surface area contributed by atoms with Crippen LogP contribution in [0.5, 0.6) is 0 Å². The summed E-state index contributed by atoms with van der Waals surface area (Å²) in [6.07, 6.45) is 5.09. The molecule has 88 valence electrons. The Kier molecular flexibility index (Phi) is 3.29. The number of furan rings is 1. The molecule has 1 aromatic rings. The van der Waals surface area contributed by atoms with Crippen molar-refractivity contribution in [1.29, 1.82) is 0 Å². The molecule has 1 aromatic heterocycles. The van der Waals surface area contributed by atoms with E-state index < -0.39 is 0 Å². The van der Waals surface area contributed by atoms with E-state index in [2.05, 4.69) is 10.6 Å². The van der Waals surface area contributed by atoms with Crippen LogP contribution in [0.1, 0.15) is 25.3 Å². The average molecular weight is 222 g/mol. The zero-order valence-corrected chi connectivity index (χ0v) is 9.58. The lowest BCUT2D eigenvalue weighted by Gasteiger charge is -2.32. The molecule has 0 radical (unpaired) electrons. The molecular formula is C12H18N2O2. The van der Waals surface area contributed by atoms with Gasteiger partial charge >= 0.3 is 0 Å². The van der Waals surface area contributed by atoms with Crippen molar-refractivity contribution >= 4 is 5.91 Å². The Morgan fingerprint density at radius 3 is 2.94 bits per heavy atom. The van der Waals surface area contributed by atoms with Crippen molar-refractivity contribution in [2.45, 2.75) is 26.3 Å². The van der Waals surface area contributed by atoms with E-state index in [0.717, 1.165) is 31.5 Å². The van der Waals surface area contributed by atoms with Crippen LogP contribution in [0.3, 0.4) is 0 Å². The molecule has 16 heavy (non-hydrogen) atoms. The summed E-state index contributed by atoms with van der Waals surface area (Å²) in [6, 6.07) is 1.87. The topological polar surface area (TPSA) is 54.3 Å². The molecule has 4 heteroatoms. The zero-order valence-electron chi connectivity index (χ0n) is 9.58. The van der Waals surface area contributed by atoms with E-state index >= 15 is 0 Å². The monoisotopic (exact) mass is 222 g/mol. The van der Waals surface area contributed by atoms with Crippen molar-refractivity contribution in [1.82, 2.24) is 10.6 Å². The van der Waals surface area contributed by atoms with Gasteiger partial charge in [-0.1, -0.05) is 6.92 Å². The smallest absolute Gasteiger partial charge is 0.226 e. The molecule has 2 rings (SSSR count). The highest BCUT2D eigenvalue weighted by molar-refractivity contribution is 5.82. The molecule has 1 fully saturated rings. The minimum atomic E-state index is -0.213. The van der Waals surface area contributed by atoms with Crippen molar-refractivity contribution in [3.8, 4) is 0 Å². The van der Waals surface area contributed by atoms with E-state index in [4.69, 9.17) is 4.42 Å². The van der Waals surface area contributed by atoms with Crippen LogP contribution in [0, 0.1) is 5.41 Å². The Morgan fingerprint density at radius 1 is 1.56 bits per heavy atom. The lowest BCUT2D eigenvalue weighted by molar-refractivity contribution is -0.131. The van der Waals surface area contributed by atoms with Crippen LogP contribution < -0.4 is 10.6 Å². The summed E-state index contributed by atoms with van der Waals surface area (Å²) >= 11 is 0. The van der Waals surface area contributed by atoms with E-state index in [1.807, 2.05) is 13.0 Å². The zero-order chi connectivity index (χ0) is 11.4. The molecule has 1 aliphatic rings. The summed E-state index contributed by atoms with van der Waals surface area (Å²) in [6.45, 7) is 4.45. The minimum Gasteiger partial charge on any atom is -0.472 e. The highest BCUT2D eigenvalue weighted by Gasteiger charge is 2.34. The number of rotatable bonds is 3. The lowest BCUT2D eigenvalue weighted by atomic mass is 9.80. The number of hydrogen-bond acceptors (Lipinski definition) is 3. The van der Waals surface area contributed by atoms with Gasteiger partial charge in [0, 0.05) is 17.5 Å². The highest BCUT2D eigenvalue weighted by Crippen LogP contribution is 2.27. The van der Waals surface area contributed by atoms with Gasteiger partial charge in [0.05, 0.1) is 12.5 Å². The van der Waals surface area contributed by atoms with Gasteiger partial charge in [-0.05, 0) is 32.0 Å². The first-order chi connectivity index (χ1) is 7.71. The van der Waals surface area contributed by atoms with Crippen LogP contribution in [0.4, 0.5) is 0 Å². The summed E-state index contributed by atoms with van der Waals surface area (Å²) in [7, 11) is 0. The van der Waals surface area contributed by atoms with E-state index in [9.17, 15) is 4.79 Å². The van der Waals surface area contributed by atoms with Crippen LogP contribution >= 0.6 is 0 Å². The Morgan fingerprint density at radius 2 is 2.31 bits per heavy atom. The van der Waals surface area contributed by atoms with Crippen LogP contribution in [0.15, 0.2) is 23.0 Å². The molecule has 0 aliphatic carbocycles. The molecular weight excluding hydrogens is 204 g/mol. The molecule has 0 atom stereocenters. The van der Waals surface area contributed by atoms with Crippen molar-refractivity contribution < 1.29 is 9.21 Å². The van der Waals surface area contributed by atoms with Gasteiger partial charge in [0.15, 0.2) is 0 Å². The maximum Gasteiger partial charge on any atom is 0.226 e. The predicted octanol–water partition coefficient (Wildman–Crippen LogP) is 1.29. The second kappa shape index (κ2) is 4.70. The molecule has 0 spiro atoms. The molecule has 0 saturated carbocycles. The van der Waals surface area contributed by atoms with E-state index in [1.165, 1.54) is 0 Å². The number of nitrogens with one attached hydrogen (secondary N) is 2. The number of carbonyl (C=O) groups is 1. The van der Waals surface area contributed by atoms with E-state index in [1.54, 1.807) is 12.5 Å². The first-order valence-electron chi connectivity index (χ1n) is 5.71. The van der Waals surface area contributed by atoms with Gasteiger partial charge < -0.3 is 15.1 Å². The molecule has 0 aromatic carbocycles. The summed E-state index contributed by atoms with van der Waals surface area (Å²) < 4.78 is 4.96. The normalized spacial score (nSPS) is 19.3. The first kappa shape index (κ1) is 11.2. The third kappa shape index (κ3) is 2.44. The summed E-state index contributed by atoms with van der Waals surface area (Å²) in [5, 5.41) is 6.24.